The number of piperidine rings is 1. The van der Waals surface area contributed by atoms with E-state index in [4.69, 9.17) is 0 Å². The summed E-state index contributed by atoms with van der Waals surface area (Å²) in [6.07, 6.45) is 4.12. The Bertz CT molecular complexity index is 522. The van der Waals surface area contributed by atoms with Crippen molar-refractivity contribution in [3.8, 4) is 5.75 Å². The molecule has 1 aromatic rings. The largest absolute Gasteiger partial charge is 0.505 e. The minimum atomic E-state index is -0.793. The fourth-order valence-electron chi connectivity index (χ4n) is 2.59. The lowest BCUT2D eigenvalue weighted by Crippen LogP contribution is -2.46. The van der Waals surface area contributed by atoms with Gasteiger partial charge in [-0.15, -0.1) is 0 Å². The Morgan fingerprint density at radius 3 is 2.55 bits per heavy atom. The monoisotopic (exact) mass is 278 g/mol. The van der Waals surface area contributed by atoms with Gasteiger partial charge in [-0.05, 0) is 25.3 Å². The summed E-state index contributed by atoms with van der Waals surface area (Å²) in [7, 11) is 0. The number of pyridine rings is 1. The summed E-state index contributed by atoms with van der Waals surface area (Å²) in [5, 5.41) is 19.0. The molecule has 1 amide bonds. The molecule has 108 valence electrons. The third-order valence-electron chi connectivity index (χ3n) is 4.17. The molecule has 6 heteroatoms. The molecule has 20 heavy (non-hydrogen) atoms. The molecule has 1 aliphatic heterocycles. The molecular formula is C14H18N2O4. The SMILES string of the molecule is CCC1(C(=O)O)CCN(C(=O)c2ccncc2O)CC1. The number of carbonyl (C=O) groups is 2. The van der Waals surface area contributed by atoms with Gasteiger partial charge in [0.25, 0.3) is 5.91 Å². The Hall–Kier alpha value is -2.11. The average molecular weight is 278 g/mol. The van der Waals surface area contributed by atoms with Gasteiger partial charge in [0.1, 0.15) is 5.75 Å². The van der Waals surface area contributed by atoms with Gasteiger partial charge >= 0.3 is 5.97 Å². The molecule has 2 heterocycles. The number of likely N-dealkylation sites (tertiary alicyclic amines) is 1. The average Bonchev–Trinajstić information content (AvgIpc) is 2.47. The lowest BCUT2D eigenvalue weighted by atomic mass is 9.76. The van der Waals surface area contributed by atoms with Crippen LogP contribution in [0.2, 0.25) is 0 Å². The zero-order valence-electron chi connectivity index (χ0n) is 11.4. The van der Waals surface area contributed by atoms with Gasteiger partial charge in [0.2, 0.25) is 0 Å². The van der Waals surface area contributed by atoms with Gasteiger partial charge in [-0.2, -0.15) is 0 Å². The van der Waals surface area contributed by atoms with Crippen molar-refractivity contribution in [1.29, 1.82) is 0 Å². The number of aromatic nitrogens is 1. The molecule has 6 nitrogen and oxygen atoms in total. The molecule has 0 aromatic carbocycles. The van der Waals surface area contributed by atoms with Gasteiger partial charge in [-0.3, -0.25) is 14.6 Å². The van der Waals surface area contributed by atoms with Gasteiger partial charge in [0.15, 0.2) is 0 Å². The van der Waals surface area contributed by atoms with E-state index in [2.05, 4.69) is 4.98 Å². The van der Waals surface area contributed by atoms with Crippen molar-refractivity contribution in [2.45, 2.75) is 26.2 Å². The highest BCUT2D eigenvalue weighted by Gasteiger charge is 2.41. The molecule has 0 atom stereocenters. The van der Waals surface area contributed by atoms with Crippen LogP contribution in [-0.2, 0) is 4.79 Å². The number of rotatable bonds is 3. The summed E-state index contributed by atoms with van der Waals surface area (Å²) in [6.45, 7) is 2.64. The molecule has 2 rings (SSSR count). The van der Waals surface area contributed by atoms with E-state index in [0.717, 1.165) is 0 Å². The zero-order chi connectivity index (χ0) is 14.8. The topological polar surface area (TPSA) is 90.7 Å². The smallest absolute Gasteiger partial charge is 0.309 e. The van der Waals surface area contributed by atoms with Crippen molar-refractivity contribution in [3.63, 3.8) is 0 Å². The number of carboxylic acids is 1. The van der Waals surface area contributed by atoms with E-state index < -0.39 is 11.4 Å². The summed E-state index contributed by atoms with van der Waals surface area (Å²) in [5.41, 5.74) is -0.517. The van der Waals surface area contributed by atoms with E-state index in [9.17, 15) is 19.8 Å². The van der Waals surface area contributed by atoms with Crippen LogP contribution >= 0.6 is 0 Å². The summed E-state index contributed by atoms with van der Waals surface area (Å²) < 4.78 is 0. The molecule has 1 saturated heterocycles. The lowest BCUT2D eigenvalue weighted by molar-refractivity contribution is -0.152. The van der Waals surface area contributed by atoms with E-state index in [1.165, 1.54) is 18.5 Å². The van der Waals surface area contributed by atoms with Gasteiger partial charge in [0.05, 0.1) is 17.2 Å². The van der Waals surface area contributed by atoms with Crippen molar-refractivity contribution in [2.75, 3.05) is 13.1 Å². The Morgan fingerprint density at radius 2 is 2.05 bits per heavy atom. The maximum Gasteiger partial charge on any atom is 0.309 e. The third-order valence-corrected chi connectivity index (χ3v) is 4.17. The number of hydrogen-bond acceptors (Lipinski definition) is 4. The number of carbonyl (C=O) groups excluding carboxylic acids is 1. The molecule has 0 aliphatic carbocycles. The third kappa shape index (κ3) is 2.45. The first-order valence-corrected chi connectivity index (χ1v) is 6.66. The number of hydrogen-bond donors (Lipinski definition) is 2. The number of amides is 1. The van der Waals surface area contributed by atoms with E-state index in [1.54, 1.807) is 4.90 Å². The second-order valence-electron chi connectivity index (χ2n) is 5.12. The predicted molar refractivity (Wildman–Crippen MR) is 71.4 cm³/mol. The van der Waals surface area contributed by atoms with E-state index in [-0.39, 0.29) is 17.2 Å². The van der Waals surface area contributed by atoms with Crippen LogP contribution in [-0.4, -0.2) is 45.1 Å². The van der Waals surface area contributed by atoms with Gasteiger partial charge < -0.3 is 15.1 Å². The Kier molecular flexibility index (Phi) is 3.92. The Morgan fingerprint density at radius 1 is 1.40 bits per heavy atom. The zero-order valence-corrected chi connectivity index (χ0v) is 11.4. The fourth-order valence-corrected chi connectivity index (χ4v) is 2.59. The normalized spacial score (nSPS) is 17.8. The van der Waals surface area contributed by atoms with Crippen molar-refractivity contribution in [2.24, 2.45) is 5.41 Å². The van der Waals surface area contributed by atoms with Gasteiger partial charge in [-0.1, -0.05) is 6.92 Å². The first kappa shape index (κ1) is 14.3. The molecule has 1 fully saturated rings. The first-order valence-electron chi connectivity index (χ1n) is 6.66. The summed E-state index contributed by atoms with van der Waals surface area (Å²) >= 11 is 0. The fraction of sp³-hybridized carbons (Fsp3) is 0.500. The van der Waals surface area contributed by atoms with Crippen LogP contribution in [0.25, 0.3) is 0 Å². The highest BCUT2D eigenvalue weighted by Crippen LogP contribution is 2.35. The van der Waals surface area contributed by atoms with Crippen LogP contribution < -0.4 is 0 Å². The van der Waals surface area contributed by atoms with Crippen molar-refractivity contribution in [3.05, 3.63) is 24.0 Å². The Balaban J connectivity index is 2.10. The highest BCUT2D eigenvalue weighted by molar-refractivity contribution is 5.96. The summed E-state index contributed by atoms with van der Waals surface area (Å²) in [6, 6.07) is 1.47. The highest BCUT2D eigenvalue weighted by atomic mass is 16.4. The second kappa shape index (κ2) is 5.48. The number of carboxylic acid groups (broad SMARTS) is 1. The van der Waals surface area contributed by atoms with Gasteiger partial charge in [-0.25, -0.2) is 0 Å². The van der Waals surface area contributed by atoms with Crippen molar-refractivity contribution < 1.29 is 19.8 Å². The van der Waals surface area contributed by atoms with Crippen LogP contribution in [0.5, 0.6) is 5.75 Å². The van der Waals surface area contributed by atoms with E-state index >= 15 is 0 Å². The number of aromatic hydroxyl groups is 1. The minimum absolute atomic E-state index is 0.150. The van der Waals surface area contributed by atoms with Crippen LogP contribution in [0.1, 0.15) is 36.5 Å². The van der Waals surface area contributed by atoms with Crippen LogP contribution in [0.3, 0.4) is 0 Å². The molecule has 0 radical (unpaired) electrons. The maximum absolute atomic E-state index is 12.3. The van der Waals surface area contributed by atoms with Crippen LogP contribution in [0.15, 0.2) is 18.5 Å². The van der Waals surface area contributed by atoms with Crippen molar-refractivity contribution >= 4 is 11.9 Å². The summed E-state index contributed by atoms with van der Waals surface area (Å²) in [4.78, 5) is 29.0. The molecule has 0 bridgehead atoms. The molecule has 2 N–H and O–H groups in total. The number of aliphatic carboxylic acids is 1. The molecule has 0 unspecified atom stereocenters. The van der Waals surface area contributed by atoms with Crippen LogP contribution in [0, 0.1) is 5.41 Å². The van der Waals surface area contributed by atoms with Gasteiger partial charge in [0, 0.05) is 19.3 Å². The molecule has 1 aliphatic rings. The van der Waals surface area contributed by atoms with E-state index in [0.29, 0.717) is 32.4 Å². The lowest BCUT2D eigenvalue weighted by Gasteiger charge is -2.38. The predicted octanol–water partition coefficient (Wildman–Crippen LogP) is 1.50. The number of nitrogens with zero attached hydrogens (tertiary/aromatic N) is 2. The Labute approximate surface area is 117 Å². The second-order valence-corrected chi connectivity index (χ2v) is 5.12. The molecule has 1 aromatic heterocycles. The molecule has 0 saturated carbocycles. The maximum atomic E-state index is 12.3. The quantitative estimate of drug-likeness (QED) is 0.874. The molecular weight excluding hydrogens is 260 g/mol. The van der Waals surface area contributed by atoms with Crippen LogP contribution in [0.4, 0.5) is 0 Å². The standard InChI is InChI=1S/C14H18N2O4/c1-2-14(13(19)20)4-7-16(8-5-14)12(18)10-3-6-15-9-11(10)17/h3,6,9,17H,2,4-5,7-8H2,1H3,(H,19,20). The van der Waals surface area contributed by atoms with E-state index in [1.807, 2.05) is 6.92 Å². The van der Waals surface area contributed by atoms with Crippen molar-refractivity contribution in [1.82, 2.24) is 9.88 Å². The summed E-state index contributed by atoms with van der Waals surface area (Å²) in [5.74, 6) is -1.22. The molecule has 0 spiro atoms. The minimum Gasteiger partial charge on any atom is -0.505 e. The first-order chi connectivity index (χ1) is 9.50.